The van der Waals surface area contributed by atoms with Crippen LogP contribution in [0, 0.1) is 0 Å². The molecule has 2 N–H and O–H groups in total. The van der Waals surface area contributed by atoms with Gasteiger partial charge in [-0.25, -0.2) is 0 Å². The van der Waals surface area contributed by atoms with Crippen LogP contribution in [0.3, 0.4) is 0 Å². The number of Topliss-reactive ketones (excluding diaryl/α,β-unsaturated/α-hetero) is 1. The number of hydrogen-bond donors (Lipinski definition) is 2. The second-order valence-corrected chi connectivity index (χ2v) is 2.80. The number of ether oxygens (including phenoxy) is 1. The lowest BCUT2D eigenvalue weighted by molar-refractivity contribution is -0.130. The quantitative estimate of drug-likeness (QED) is 0.726. The van der Waals surface area contributed by atoms with Crippen molar-refractivity contribution in [2.75, 3.05) is 13.7 Å². The van der Waals surface area contributed by atoms with Crippen molar-refractivity contribution in [3.63, 3.8) is 0 Å². The lowest BCUT2D eigenvalue weighted by atomic mass is 10.1. The summed E-state index contributed by atoms with van der Waals surface area (Å²) in [6.45, 7) is -0.660. The van der Waals surface area contributed by atoms with Gasteiger partial charge < -0.3 is 14.9 Å². The van der Waals surface area contributed by atoms with Gasteiger partial charge in [0.25, 0.3) is 0 Å². The van der Waals surface area contributed by atoms with Gasteiger partial charge in [-0.05, 0) is 17.7 Å². The van der Waals surface area contributed by atoms with Crippen molar-refractivity contribution in [1.82, 2.24) is 0 Å². The van der Waals surface area contributed by atoms with Crippen molar-refractivity contribution in [3.8, 4) is 5.75 Å². The van der Waals surface area contributed by atoms with E-state index in [1.165, 1.54) is 7.11 Å². The maximum absolute atomic E-state index is 10.9. The second-order valence-electron chi connectivity index (χ2n) is 2.80. The third-order valence-corrected chi connectivity index (χ3v) is 1.89. The van der Waals surface area contributed by atoms with Gasteiger partial charge in [0.05, 0.1) is 7.11 Å². The van der Waals surface area contributed by atoms with E-state index in [0.717, 1.165) is 0 Å². The van der Waals surface area contributed by atoms with Crippen LogP contribution in [0.5, 0.6) is 5.75 Å². The van der Waals surface area contributed by atoms with E-state index in [9.17, 15) is 9.90 Å². The smallest absolute Gasteiger partial charge is 0.191 e. The molecule has 0 aromatic heterocycles. The van der Waals surface area contributed by atoms with Gasteiger partial charge in [0.1, 0.15) is 18.5 Å². The molecule has 1 aromatic rings. The summed E-state index contributed by atoms with van der Waals surface area (Å²) < 4.78 is 4.92. The largest absolute Gasteiger partial charge is 0.497 e. The topological polar surface area (TPSA) is 66.8 Å². The summed E-state index contributed by atoms with van der Waals surface area (Å²) >= 11 is 0. The molecule has 0 aliphatic heterocycles. The van der Waals surface area contributed by atoms with Crippen LogP contribution in [0.25, 0.3) is 0 Å². The lowest BCUT2D eigenvalue weighted by Crippen LogP contribution is -2.15. The zero-order valence-electron chi connectivity index (χ0n) is 7.80. The van der Waals surface area contributed by atoms with Gasteiger partial charge >= 0.3 is 0 Å². The van der Waals surface area contributed by atoms with Crippen LogP contribution in [0.1, 0.15) is 11.7 Å². The van der Waals surface area contributed by atoms with Gasteiger partial charge in [0.2, 0.25) is 0 Å². The Morgan fingerprint density at radius 2 is 2.00 bits per heavy atom. The van der Waals surface area contributed by atoms with E-state index in [-0.39, 0.29) is 0 Å². The predicted molar refractivity (Wildman–Crippen MR) is 50.0 cm³/mol. The molecule has 1 aromatic carbocycles. The molecule has 1 atom stereocenters. The highest BCUT2D eigenvalue weighted by Gasteiger charge is 2.15. The predicted octanol–water partition coefficient (Wildman–Crippen LogP) is 0.290. The summed E-state index contributed by atoms with van der Waals surface area (Å²) in [6.07, 6.45) is -1.26. The highest BCUT2D eigenvalue weighted by Crippen LogP contribution is 2.17. The highest BCUT2D eigenvalue weighted by atomic mass is 16.5. The first-order chi connectivity index (χ1) is 6.69. The molecule has 14 heavy (non-hydrogen) atoms. The van der Waals surface area contributed by atoms with Gasteiger partial charge in [-0.1, -0.05) is 12.1 Å². The van der Waals surface area contributed by atoms with Crippen molar-refractivity contribution in [3.05, 3.63) is 29.8 Å². The van der Waals surface area contributed by atoms with Crippen LogP contribution < -0.4 is 4.74 Å². The molecule has 76 valence electrons. The SMILES string of the molecule is COc1ccc(C(O)C(=O)CO)cc1. The Hall–Kier alpha value is -1.39. The molecule has 1 unspecified atom stereocenters. The molecule has 0 radical (unpaired) electrons. The number of ketones is 1. The van der Waals surface area contributed by atoms with Crippen LogP contribution in [0.2, 0.25) is 0 Å². The molecule has 1 rings (SSSR count). The summed E-state index contributed by atoms with van der Waals surface area (Å²) in [5.74, 6) is 0.0348. The summed E-state index contributed by atoms with van der Waals surface area (Å²) in [6, 6.07) is 6.44. The molecule has 4 heteroatoms. The number of hydrogen-bond acceptors (Lipinski definition) is 4. The van der Waals surface area contributed by atoms with Crippen LogP contribution in [0.4, 0.5) is 0 Å². The number of methoxy groups -OCH3 is 1. The number of benzene rings is 1. The first-order valence-electron chi connectivity index (χ1n) is 4.14. The van der Waals surface area contributed by atoms with Gasteiger partial charge in [-0.3, -0.25) is 4.79 Å². The molecule has 0 spiro atoms. The Labute approximate surface area is 81.8 Å². The lowest BCUT2D eigenvalue weighted by Gasteiger charge is -2.08. The van der Waals surface area contributed by atoms with Gasteiger partial charge in [-0.2, -0.15) is 0 Å². The Kier molecular flexibility index (Phi) is 3.62. The normalized spacial score (nSPS) is 12.2. The minimum absolute atomic E-state index is 0.449. The van der Waals surface area contributed by atoms with E-state index < -0.39 is 18.5 Å². The fraction of sp³-hybridized carbons (Fsp3) is 0.300. The molecule has 0 saturated heterocycles. The van der Waals surface area contributed by atoms with Crippen LogP contribution in [-0.4, -0.2) is 29.7 Å². The van der Waals surface area contributed by atoms with E-state index in [0.29, 0.717) is 11.3 Å². The first kappa shape index (κ1) is 10.7. The Bertz CT molecular complexity index is 304. The second kappa shape index (κ2) is 4.74. The summed E-state index contributed by atoms with van der Waals surface area (Å²) in [4.78, 5) is 10.9. The summed E-state index contributed by atoms with van der Waals surface area (Å²) in [5, 5.41) is 17.9. The molecule has 0 aliphatic rings. The van der Waals surface area contributed by atoms with Gasteiger partial charge in [-0.15, -0.1) is 0 Å². The standard InChI is InChI=1S/C10H12O4/c1-14-8-4-2-7(3-5-8)10(13)9(12)6-11/h2-5,10-11,13H,6H2,1H3. The Morgan fingerprint density at radius 1 is 1.43 bits per heavy atom. The molecule has 0 heterocycles. The third kappa shape index (κ3) is 2.31. The van der Waals surface area contributed by atoms with Crippen molar-refractivity contribution >= 4 is 5.78 Å². The minimum Gasteiger partial charge on any atom is -0.497 e. The zero-order valence-corrected chi connectivity index (χ0v) is 7.80. The highest BCUT2D eigenvalue weighted by molar-refractivity contribution is 5.85. The third-order valence-electron chi connectivity index (χ3n) is 1.89. The molecule has 0 amide bonds. The van der Waals surface area contributed by atoms with E-state index >= 15 is 0 Å². The van der Waals surface area contributed by atoms with Crippen LogP contribution >= 0.6 is 0 Å². The van der Waals surface area contributed by atoms with Crippen LogP contribution in [0.15, 0.2) is 24.3 Å². The van der Waals surface area contributed by atoms with Crippen molar-refractivity contribution < 1.29 is 19.7 Å². The van der Waals surface area contributed by atoms with Gasteiger partial charge in [0, 0.05) is 0 Å². The Balaban J connectivity index is 2.81. The maximum Gasteiger partial charge on any atom is 0.191 e. The maximum atomic E-state index is 10.9. The molecule has 0 saturated carbocycles. The molecular formula is C10H12O4. The summed E-state index contributed by atoms with van der Waals surface area (Å²) in [7, 11) is 1.53. The fourth-order valence-electron chi connectivity index (χ4n) is 1.06. The van der Waals surface area contributed by atoms with Crippen LogP contribution in [-0.2, 0) is 4.79 Å². The van der Waals surface area contributed by atoms with Gasteiger partial charge in [0.15, 0.2) is 5.78 Å². The fourth-order valence-corrected chi connectivity index (χ4v) is 1.06. The number of carbonyl (C=O) groups is 1. The van der Waals surface area contributed by atoms with E-state index in [2.05, 4.69) is 0 Å². The first-order valence-corrected chi connectivity index (χ1v) is 4.14. The molecule has 0 bridgehead atoms. The van der Waals surface area contributed by atoms with Crippen molar-refractivity contribution in [2.24, 2.45) is 0 Å². The van der Waals surface area contributed by atoms with Crippen molar-refractivity contribution in [1.29, 1.82) is 0 Å². The minimum atomic E-state index is -1.26. The number of aliphatic hydroxyl groups is 2. The average Bonchev–Trinajstić information content (AvgIpc) is 2.27. The number of rotatable bonds is 4. The molecule has 0 fully saturated rings. The monoisotopic (exact) mass is 196 g/mol. The average molecular weight is 196 g/mol. The molecule has 0 aliphatic carbocycles. The number of aliphatic hydroxyl groups excluding tert-OH is 2. The molecule has 4 nitrogen and oxygen atoms in total. The summed E-state index contributed by atoms with van der Waals surface area (Å²) in [5.41, 5.74) is 0.449. The molecular weight excluding hydrogens is 184 g/mol. The van der Waals surface area contributed by atoms with Crippen molar-refractivity contribution in [2.45, 2.75) is 6.10 Å². The zero-order chi connectivity index (χ0) is 10.6. The van der Waals surface area contributed by atoms with E-state index in [4.69, 9.17) is 9.84 Å². The Morgan fingerprint density at radius 3 is 2.43 bits per heavy atom. The van der Waals surface area contributed by atoms with E-state index in [1.54, 1.807) is 24.3 Å². The van der Waals surface area contributed by atoms with E-state index in [1.807, 2.05) is 0 Å². The number of carbonyl (C=O) groups excluding carboxylic acids is 1.